The lowest BCUT2D eigenvalue weighted by Gasteiger charge is -2.25. The lowest BCUT2D eigenvalue weighted by Crippen LogP contribution is -2.39. The fourth-order valence-corrected chi connectivity index (χ4v) is 8.45. The van der Waals surface area contributed by atoms with Gasteiger partial charge in [-0.25, -0.2) is 0 Å². The number of primary amides is 1. The van der Waals surface area contributed by atoms with Crippen LogP contribution in [-0.2, 0) is 153 Å². The highest BCUT2D eigenvalue weighted by Crippen LogP contribution is 2.09. The van der Waals surface area contributed by atoms with Crippen molar-refractivity contribution in [2.75, 3.05) is 229 Å². The van der Waals surface area contributed by atoms with Crippen LogP contribution in [0.15, 0.2) is 0 Å². The van der Waals surface area contributed by atoms with Crippen molar-refractivity contribution < 1.29 is 168 Å². The number of carbonyl (C=O) groups is 21. The SMILES string of the molecule is CC(=O)N1CCCC1.CC(=O)N1CCOCC1.CC(=O)N1CCSCC1.CC(=O)NC(C)C.CC(=O)NCCO.CC(=O)O.CC(=O)OC(C)C.CC(=O)OCCN(C)C.CC(=O)OCCO.CC(N)=O.CCCCNC(C)=O.CCCCOC(C)=O.CCCNC(C)=O.CCCOC(C)=O.CCNC(C)=O.CCOC(C)=O.CNC(C)=O.COC(C)=O.COCCOC(C)=O.CSCCNC(C)=O.CSCCOC(C)=O. The number of rotatable bonds is 30. The number of amides is 11. The Hall–Kier alpha value is -10.3. The average Bonchev–Trinajstić information content (AvgIpc) is 1.82. The first-order valence-corrected chi connectivity index (χ1v) is 51.8. The number of nitrogens with one attached hydrogen (secondary N) is 7. The largest absolute Gasteiger partial charge is 0.481 e. The first-order valence-electron chi connectivity index (χ1n) is 47.8. The lowest BCUT2D eigenvalue weighted by atomic mass is 10.3. The molecule has 147 heavy (non-hydrogen) atoms. The van der Waals surface area contributed by atoms with Crippen LogP contribution < -0.4 is 43.0 Å². The van der Waals surface area contributed by atoms with E-state index in [1.165, 1.54) is 138 Å². The number of methoxy groups -OCH3 is 2. The molecule has 0 aromatic carbocycles. The number of morpholine rings is 1. The zero-order valence-corrected chi connectivity index (χ0v) is 99.1. The van der Waals surface area contributed by atoms with Gasteiger partial charge in [-0.1, -0.05) is 40.5 Å². The molecule has 0 aromatic rings. The molecule has 0 spiro atoms. The smallest absolute Gasteiger partial charge is 0.302 e. The molecule has 0 unspecified atom stereocenters. The van der Waals surface area contributed by atoms with E-state index in [1.807, 2.05) is 102 Å². The van der Waals surface area contributed by atoms with Crippen molar-refractivity contribution in [2.24, 2.45) is 5.73 Å². The van der Waals surface area contributed by atoms with Crippen molar-refractivity contribution in [3.05, 3.63) is 0 Å². The fourth-order valence-electron chi connectivity index (χ4n) is 6.99. The van der Waals surface area contributed by atoms with E-state index < -0.39 is 5.97 Å². The number of aliphatic hydroxyl groups is 2. The van der Waals surface area contributed by atoms with Gasteiger partial charge in [-0.15, -0.1) is 0 Å². The standard InChI is InChI=1S/C6H11NO2.C6H13NO2.C6H11NOS.C6H11NO.C6H13NO.C6H12O2.C5H11NOS.2C5H11NO.C5H10O3.C5H10O2S.2C5H10O2.C4H9NO2.C4H9NO.C4H8O3.C4H8O2.C3H7NO.C3H6O2.C2H5NO.C2H4O2/c1-6(8)7-2-4-9-5-3-7;1-6(8)9-5-4-7(2)3;1-6(8)7-2-4-9-5-3-7;1-6(8)7-4-2-3-5-7;1-3-4-5-7-6(2)8;1-3-4-5-8-6(2)7;1-5(7)6-3-4-8-2;1-4(2)6-5(3)7;1-3-4-6-5(2)7;1-5(6)8-4-3-7-2;1-5(6)7-3-4-8-2;1-4(2)7-5(3)6;1-3-4-7-5(2)6;1-4(7)5-2-3-6;1-3-5-4(2)6;1-4(6)7-3-2-5;1-3-6-4(2)5;1-3(5)4-2;1-3(4)5-2;2*1-2(3)4/h2-5H2,1H3;4-5H2,1-3H3;2-5H2,1H3;2-5H2,1H3;3-5H2,1-2H3,(H,7,8);3-5H2,1-2H3;3-4H2,1-2H3,(H,6,7);4H,1-3H3,(H,6,7);3-4H2,1-2H3,(H,6,7);2*3-4H2,1-2H3;4H,1-3H3;3-4H2,1-2H3;6H,2-3H2,1H3,(H,5,7);3H2,1-2H3,(H,5,6);5H,2-3H2,1H3;3H2,1-2H3;1-2H3,(H,4,5);1-2H3;1H3,(H2,3,4);1H3,(H,3,4). The minimum atomic E-state index is -0.833. The second-order valence-corrected chi connectivity index (χ2v) is 32.7. The Labute approximate surface area is 892 Å². The highest BCUT2D eigenvalue weighted by molar-refractivity contribution is 7.99. The Morgan fingerprint density at radius 1 is 0.395 bits per heavy atom. The molecular weight excluding hydrogens is 1990 g/mol. The number of aliphatic hydroxyl groups excluding tert-OH is 2. The van der Waals surface area contributed by atoms with Crippen LogP contribution in [0, 0.1) is 0 Å². The molecule has 3 fully saturated rings. The zero-order valence-electron chi connectivity index (χ0n) is 96.6. The van der Waals surface area contributed by atoms with Crippen LogP contribution in [0.25, 0.3) is 0 Å². The van der Waals surface area contributed by atoms with Crippen molar-refractivity contribution in [3.63, 3.8) is 0 Å². The third kappa shape index (κ3) is 301. The summed E-state index contributed by atoms with van der Waals surface area (Å²) in [5.74, 6) is 1.63. The monoisotopic (exact) mass is 2190 g/mol. The summed E-state index contributed by atoms with van der Waals surface area (Å²) in [7, 11) is 8.38. The van der Waals surface area contributed by atoms with Gasteiger partial charge in [0.1, 0.15) is 26.4 Å². The van der Waals surface area contributed by atoms with Gasteiger partial charge in [0.15, 0.2) is 0 Å². The summed E-state index contributed by atoms with van der Waals surface area (Å²) >= 11 is 5.32. The van der Waals surface area contributed by atoms with Gasteiger partial charge in [-0.3, -0.25) is 101 Å². The molecule has 0 saturated carbocycles. The second kappa shape index (κ2) is 151. The maximum Gasteiger partial charge on any atom is 0.302 e. The first kappa shape index (κ1) is 179. The maximum absolute atomic E-state index is 10.7. The normalized spacial score (nSPS) is 10.3. The van der Waals surface area contributed by atoms with Gasteiger partial charge in [0.2, 0.25) is 65.0 Å². The van der Waals surface area contributed by atoms with Gasteiger partial charge in [-0.05, 0) is 107 Å². The summed E-state index contributed by atoms with van der Waals surface area (Å²) in [5, 5.41) is 41.6. The molecule has 47 nitrogen and oxygen atoms in total. The van der Waals surface area contributed by atoms with Crippen molar-refractivity contribution in [1.29, 1.82) is 0 Å². The highest BCUT2D eigenvalue weighted by Gasteiger charge is 2.14. The molecular formula is C97H200N12O35S3. The third-order valence-electron chi connectivity index (χ3n) is 13.2. The van der Waals surface area contributed by atoms with Crippen molar-refractivity contribution in [2.45, 2.75) is 278 Å². The number of likely N-dealkylation sites (tertiary alicyclic amines) is 1. The van der Waals surface area contributed by atoms with Crippen molar-refractivity contribution in [1.82, 2.24) is 56.8 Å². The molecule has 876 valence electrons. The number of carboxylic acids is 1. The molecule has 3 aliphatic rings. The molecule has 0 aromatic heterocycles. The minimum Gasteiger partial charge on any atom is -0.481 e. The Balaban J connectivity index is -0.0000000745. The van der Waals surface area contributed by atoms with Gasteiger partial charge < -0.3 is 130 Å². The van der Waals surface area contributed by atoms with Crippen molar-refractivity contribution in [3.8, 4) is 0 Å². The van der Waals surface area contributed by atoms with Gasteiger partial charge in [0.05, 0.1) is 66.1 Å². The Morgan fingerprint density at radius 2 is 0.735 bits per heavy atom. The number of esters is 9. The van der Waals surface area contributed by atoms with Crippen LogP contribution in [0.2, 0.25) is 0 Å². The molecule has 3 heterocycles. The van der Waals surface area contributed by atoms with Crippen LogP contribution in [-0.4, -0.2) is 400 Å². The number of hydrogen-bond donors (Lipinski definition) is 11. The van der Waals surface area contributed by atoms with Gasteiger partial charge >= 0.3 is 53.7 Å². The molecule has 50 heteroatoms. The number of nitrogens with two attached hydrogens (primary N) is 1. The molecule has 0 radical (unpaired) electrons. The zero-order chi connectivity index (χ0) is 119. The predicted molar refractivity (Wildman–Crippen MR) is 579 cm³/mol. The number of likely N-dealkylation sites (N-methyl/N-ethyl adjacent to an activating group) is 1. The number of aliphatic carboxylic acids is 1. The van der Waals surface area contributed by atoms with Crippen LogP contribution in [0.4, 0.5) is 0 Å². The Morgan fingerprint density at radius 3 is 0.939 bits per heavy atom. The van der Waals surface area contributed by atoms with E-state index in [9.17, 15) is 95.9 Å². The summed E-state index contributed by atoms with van der Waals surface area (Å²) in [6.45, 7) is 64.1. The third-order valence-corrected chi connectivity index (χ3v) is 15.3. The number of carbonyl (C=O) groups excluding carboxylic acids is 20. The summed E-state index contributed by atoms with van der Waals surface area (Å²) in [4.78, 5) is 218. The summed E-state index contributed by atoms with van der Waals surface area (Å²) in [6.07, 6.45) is 12.6. The maximum atomic E-state index is 10.7. The number of hydrogen-bond acceptors (Lipinski definition) is 38. The van der Waals surface area contributed by atoms with Gasteiger partial charge in [0.25, 0.3) is 5.97 Å². The Bertz CT molecular complexity index is 2870. The van der Waals surface area contributed by atoms with E-state index in [0.717, 1.165) is 140 Å². The topological polar surface area (TPSA) is 644 Å². The van der Waals surface area contributed by atoms with Crippen LogP contribution in [0.3, 0.4) is 0 Å². The van der Waals surface area contributed by atoms with Crippen LogP contribution in [0.1, 0.15) is 266 Å². The van der Waals surface area contributed by atoms with E-state index in [-0.39, 0.29) is 151 Å². The molecule has 3 rings (SSSR count). The Kier molecular flexibility index (Phi) is 184. The lowest BCUT2D eigenvalue weighted by molar-refractivity contribution is -0.145. The van der Waals surface area contributed by atoms with Crippen molar-refractivity contribution >= 4 is 160 Å². The van der Waals surface area contributed by atoms with Gasteiger partial charge in [-0.2, -0.15) is 35.3 Å². The van der Waals surface area contributed by atoms with E-state index in [0.29, 0.717) is 66.0 Å². The number of ether oxygens (including phenoxy) is 11. The first-order chi connectivity index (χ1) is 68.3. The predicted octanol–water partition coefficient (Wildman–Crippen LogP) is 6.92. The molecule has 0 aliphatic carbocycles. The molecule has 12 N–H and O–H groups in total. The molecule has 0 bridgehead atoms. The van der Waals surface area contributed by atoms with E-state index in [4.69, 9.17) is 24.9 Å². The van der Waals surface area contributed by atoms with E-state index in [2.05, 4.69) is 104 Å². The van der Waals surface area contributed by atoms with E-state index >= 15 is 0 Å². The quantitative estimate of drug-likeness (QED) is 0.0197. The van der Waals surface area contributed by atoms with E-state index in [1.54, 1.807) is 70.3 Å². The number of thioether (sulfide) groups is 3. The number of carboxylic acid groups (broad SMARTS) is 1. The van der Waals surface area contributed by atoms with Gasteiger partial charge in [0, 0.05) is 267 Å². The second-order valence-electron chi connectivity index (χ2n) is 29.5. The number of unbranched alkanes of at least 4 members (excludes halogenated alkanes) is 2. The minimum absolute atomic E-state index is 0.00463. The molecule has 0 atom stereocenters. The highest BCUT2D eigenvalue weighted by atomic mass is 32.2. The van der Waals surface area contributed by atoms with Crippen LogP contribution >= 0.6 is 35.3 Å². The number of nitrogens with zero attached hydrogens (tertiary/aromatic N) is 4. The average molecular weight is 2190 g/mol. The summed E-state index contributed by atoms with van der Waals surface area (Å²) in [6, 6.07) is 0.275. The fraction of sp³-hybridized carbons (Fsp3) is 0.784. The molecule has 11 amide bonds. The summed E-state index contributed by atoms with van der Waals surface area (Å²) in [5.41, 5.74) is 4.47. The summed E-state index contributed by atoms with van der Waals surface area (Å²) < 4.78 is 50.1. The van der Waals surface area contributed by atoms with Crippen LogP contribution in [0.5, 0.6) is 0 Å². The molecule has 3 aliphatic heterocycles. The molecule has 3 saturated heterocycles.